The first kappa shape index (κ1) is 20.4. The van der Waals surface area contributed by atoms with Crippen LogP contribution in [0, 0.1) is 0 Å². The van der Waals surface area contributed by atoms with Gasteiger partial charge < -0.3 is 4.74 Å². The Morgan fingerprint density at radius 3 is 2.43 bits per heavy atom. The molecule has 8 heteroatoms. The lowest BCUT2D eigenvalue weighted by Crippen LogP contribution is -2.26. The third-order valence-corrected chi connectivity index (χ3v) is 5.47. The fourth-order valence-electron chi connectivity index (χ4n) is 2.39. The number of hydrogen-bond acceptors (Lipinski definition) is 5. The molecule has 1 aliphatic carbocycles. The molecule has 0 spiro atoms. The van der Waals surface area contributed by atoms with Gasteiger partial charge in [-0.1, -0.05) is 24.3 Å². The van der Waals surface area contributed by atoms with E-state index in [9.17, 15) is 9.00 Å². The number of carbonyl (C=O) groups excluding carboxylic acids is 1. The molecule has 150 valence electrons. The molecule has 1 aromatic heterocycles. The molecule has 0 N–H and O–H groups in total. The van der Waals surface area contributed by atoms with Gasteiger partial charge in [-0.25, -0.2) is 9.00 Å². The lowest BCUT2D eigenvalue weighted by Gasteiger charge is -2.16. The first-order chi connectivity index (χ1) is 13.1. The summed E-state index contributed by atoms with van der Waals surface area (Å²) in [5, 5.41) is 8.81. The number of aromatic nitrogens is 3. The van der Waals surface area contributed by atoms with Gasteiger partial charge in [-0.15, -0.1) is 0 Å². The minimum atomic E-state index is -1.58. The average molecular weight is 403 g/mol. The monoisotopic (exact) mass is 402 g/mol. The van der Waals surface area contributed by atoms with Gasteiger partial charge in [0, 0.05) is 11.1 Å². The lowest BCUT2D eigenvalue weighted by atomic mass is 10.1. The molecule has 0 unspecified atom stereocenters. The highest BCUT2D eigenvalue weighted by molar-refractivity contribution is 7.85. The van der Waals surface area contributed by atoms with Crippen LogP contribution in [0.1, 0.15) is 59.1 Å². The zero-order valence-electron chi connectivity index (χ0n) is 16.9. The Morgan fingerprint density at radius 1 is 1.25 bits per heavy atom. The summed E-state index contributed by atoms with van der Waals surface area (Å²) in [6.07, 6.45) is 3.69. The molecule has 1 aromatic carbocycles. The zero-order valence-corrected chi connectivity index (χ0v) is 17.7. The van der Waals surface area contributed by atoms with Gasteiger partial charge in [-0.3, -0.25) is 0 Å². The predicted molar refractivity (Wildman–Crippen MR) is 109 cm³/mol. The molecule has 0 saturated heterocycles. The van der Waals surface area contributed by atoms with Crippen LogP contribution in [-0.4, -0.2) is 41.7 Å². The van der Waals surface area contributed by atoms with Crippen molar-refractivity contribution in [2.45, 2.75) is 64.4 Å². The highest BCUT2D eigenvalue weighted by Gasteiger charge is 2.26. The smallest absolute Gasteiger partial charge is 0.358 e. The molecule has 1 fully saturated rings. The van der Waals surface area contributed by atoms with E-state index in [2.05, 4.69) is 14.6 Å². The Kier molecular flexibility index (Phi) is 5.79. The van der Waals surface area contributed by atoms with E-state index in [1.165, 1.54) is 0 Å². The summed E-state index contributed by atoms with van der Waals surface area (Å²) >= 11 is 0. The summed E-state index contributed by atoms with van der Waals surface area (Å²) < 4.78 is 21.4. The first-order valence-electron chi connectivity index (χ1n) is 9.39. The summed E-state index contributed by atoms with van der Waals surface area (Å²) in [4.78, 5) is 14.3. The van der Waals surface area contributed by atoms with Crippen LogP contribution < -0.4 is 0 Å². The van der Waals surface area contributed by atoms with E-state index < -0.39 is 21.7 Å². The Hall–Kier alpha value is -2.35. The van der Waals surface area contributed by atoms with E-state index in [1.807, 2.05) is 32.9 Å². The van der Waals surface area contributed by atoms with Crippen LogP contribution in [0.15, 0.2) is 34.9 Å². The van der Waals surface area contributed by atoms with E-state index >= 15 is 0 Å². The molecule has 3 rings (SSSR count). The molecular formula is C20H26N4O3S. The maximum atomic E-state index is 12.5. The van der Waals surface area contributed by atoms with Gasteiger partial charge in [-0.2, -0.15) is 19.4 Å². The number of rotatable bonds is 6. The van der Waals surface area contributed by atoms with Crippen LogP contribution in [0.25, 0.3) is 11.3 Å². The zero-order chi connectivity index (χ0) is 20.5. The van der Waals surface area contributed by atoms with E-state index in [1.54, 1.807) is 37.0 Å². The van der Waals surface area contributed by atoms with Crippen molar-refractivity contribution in [1.29, 1.82) is 0 Å². The minimum Gasteiger partial charge on any atom is -0.458 e. The molecule has 1 atom stereocenters. The molecule has 2 aromatic rings. The highest BCUT2D eigenvalue weighted by Crippen LogP contribution is 2.33. The topological polar surface area (TPSA) is 86.4 Å². The fraction of sp³-hybridized carbons (Fsp3) is 0.500. The van der Waals surface area contributed by atoms with Crippen molar-refractivity contribution in [3.05, 3.63) is 36.0 Å². The van der Waals surface area contributed by atoms with Gasteiger partial charge >= 0.3 is 5.97 Å². The van der Waals surface area contributed by atoms with Gasteiger partial charge in [0.15, 0.2) is 5.71 Å². The number of nitrogens with zero attached hydrogens (tertiary/aromatic N) is 4. The number of hydrogen-bond donors (Lipinski definition) is 0. The van der Waals surface area contributed by atoms with Gasteiger partial charge in [0.1, 0.15) is 16.7 Å². The quantitative estimate of drug-likeness (QED) is 0.545. The number of carbonyl (C=O) groups is 1. The van der Waals surface area contributed by atoms with Crippen LogP contribution in [0.5, 0.6) is 0 Å². The predicted octanol–water partition coefficient (Wildman–Crippen LogP) is 3.48. The molecule has 7 nitrogen and oxygen atoms in total. The molecule has 0 amide bonds. The van der Waals surface area contributed by atoms with Crippen LogP contribution in [-0.2, 0) is 20.5 Å². The van der Waals surface area contributed by atoms with Gasteiger partial charge in [0.2, 0.25) is 0 Å². The van der Waals surface area contributed by atoms with E-state index in [-0.39, 0.29) is 11.8 Å². The summed E-state index contributed by atoms with van der Waals surface area (Å²) in [5.41, 5.74) is 2.29. The Bertz CT molecular complexity index is 906. The molecule has 0 radical (unpaired) electrons. The fourth-order valence-corrected chi connectivity index (χ4v) is 3.01. The van der Waals surface area contributed by atoms with Crippen molar-refractivity contribution in [3.63, 3.8) is 0 Å². The normalized spacial score (nSPS) is 16.3. The molecule has 1 saturated carbocycles. The molecule has 1 heterocycles. The standard InChI is InChI=1S/C20H26N4O3S/c1-13(2)27-19(25)18(23-28(26)20(3,4)5)15-8-6-14(7-9-15)17-12-21-24(22-17)16-10-11-16/h6-9,12-13,16H,10-11H2,1-5H3/t28-/m0/s1. The molecular weight excluding hydrogens is 376 g/mol. The molecule has 0 bridgehead atoms. The summed E-state index contributed by atoms with van der Waals surface area (Å²) in [6.45, 7) is 8.96. The van der Waals surface area contributed by atoms with Crippen LogP contribution in [0.2, 0.25) is 0 Å². The van der Waals surface area contributed by atoms with Crippen molar-refractivity contribution in [2.24, 2.45) is 4.40 Å². The van der Waals surface area contributed by atoms with Crippen molar-refractivity contribution in [3.8, 4) is 11.3 Å². The lowest BCUT2D eigenvalue weighted by molar-refractivity contribution is -0.138. The molecule has 0 aliphatic heterocycles. The maximum absolute atomic E-state index is 12.5. The first-order valence-corrected chi connectivity index (χ1v) is 10.5. The minimum absolute atomic E-state index is 0.0649. The second-order valence-corrected chi connectivity index (χ2v) is 10.0. The van der Waals surface area contributed by atoms with Gasteiger partial charge in [0.05, 0.1) is 23.1 Å². The van der Waals surface area contributed by atoms with Crippen molar-refractivity contribution >= 4 is 22.7 Å². The summed E-state index contributed by atoms with van der Waals surface area (Å²) in [5.74, 6) is -0.583. The van der Waals surface area contributed by atoms with E-state index in [0.29, 0.717) is 11.6 Å². The number of benzene rings is 1. The van der Waals surface area contributed by atoms with Crippen LogP contribution >= 0.6 is 0 Å². The van der Waals surface area contributed by atoms with Crippen LogP contribution in [0.3, 0.4) is 0 Å². The Labute approximate surface area is 167 Å². The van der Waals surface area contributed by atoms with Crippen molar-refractivity contribution < 1.29 is 13.7 Å². The SMILES string of the molecule is CC(C)OC(=O)C(=N[S@@](=O)C(C)(C)C)c1ccc(-c2cnn(C3CC3)n2)cc1. The Balaban J connectivity index is 1.89. The summed E-state index contributed by atoms with van der Waals surface area (Å²) in [6, 6.07) is 7.67. The third-order valence-electron chi connectivity index (χ3n) is 4.07. The largest absolute Gasteiger partial charge is 0.458 e. The average Bonchev–Trinajstić information content (AvgIpc) is 3.35. The van der Waals surface area contributed by atoms with Gasteiger partial charge in [-0.05, 0) is 47.5 Å². The molecule has 28 heavy (non-hydrogen) atoms. The summed E-state index contributed by atoms with van der Waals surface area (Å²) in [7, 11) is -1.58. The maximum Gasteiger partial charge on any atom is 0.358 e. The van der Waals surface area contributed by atoms with Gasteiger partial charge in [0.25, 0.3) is 0 Å². The molecule has 1 aliphatic rings. The Morgan fingerprint density at radius 2 is 1.89 bits per heavy atom. The van der Waals surface area contributed by atoms with Crippen molar-refractivity contribution in [2.75, 3.05) is 0 Å². The third kappa shape index (κ3) is 4.92. The second kappa shape index (κ2) is 7.95. The van der Waals surface area contributed by atoms with E-state index in [0.717, 1.165) is 24.1 Å². The van der Waals surface area contributed by atoms with E-state index in [4.69, 9.17) is 4.74 Å². The number of ether oxygens (including phenoxy) is 1. The van der Waals surface area contributed by atoms with Crippen LogP contribution in [0.4, 0.5) is 0 Å². The second-order valence-electron chi connectivity index (χ2n) is 8.11. The van der Waals surface area contributed by atoms with Crippen molar-refractivity contribution in [1.82, 2.24) is 15.0 Å². The highest BCUT2D eigenvalue weighted by atomic mass is 32.2. The number of esters is 1.